The molecule has 0 radical (unpaired) electrons. The second-order valence-electron chi connectivity index (χ2n) is 4.85. The summed E-state index contributed by atoms with van der Waals surface area (Å²) in [6.45, 7) is 2.15. The van der Waals surface area contributed by atoms with Crippen LogP contribution in [0.1, 0.15) is 50.2 Å². The fourth-order valence-electron chi connectivity index (χ4n) is 1.98. The van der Waals surface area contributed by atoms with Crippen molar-refractivity contribution in [2.45, 2.75) is 57.0 Å². The Hall–Kier alpha value is -0.700. The molecule has 108 valence electrons. The molecule has 0 spiro atoms. The first-order valence-corrected chi connectivity index (χ1v) is 7.17. The maximum Gasteiger partial charge on any atom is 0.416 e. The molecule has 0 nitrogen and oxygen atoms in total. The quantitative estimate of drug-likeness (QED) is 0.438. The number of hydrogen-bond donors (Lipinski definition) is 0. The summed E-state index contributed by atoms with van der Waals surface area (Å²) in [5.74, 6) is 0. The Balaban J connectivity index is 2.40. The van der Waals surface area contributed by atoms with Gasteiger partial charge in [0.1, 0.15) is 0 Å². The predicted octanol–water partition coefficient (Wildman–Crippen LogP) is 5.83. The van der Waals surface area contributed by atoms with Crippen LogP contribution in [0.3, 0.4) is 0 Å². The van der Waals surface area contributed by atoms with Gasteiger partial charge in [0.25, 0.3) is 0 Å². The molecule has 0 aromatic heterocycles. The van der Waals surface area contributed by atoms with Crippen molar-refractivity contribution < 1.29 is 13.2 Å². The van der Waals surface area contributed by atoms with Gasteiger partial charge in [0.15, 0.2) is 0 Å². The van der Waals surface area contributed by atoms with Gasteiger partial charge in [0.05, 0.1) is 5.56 Å². The molecule has 1 atom stereocenters. The SMILES string of the molecule is CCCCCCC(Cl)Cc1ccc(C(F)(F)F)cc1. The fraction of sp³-hybridized carbons (Fsp3) is 0.600. The highest BCUT2D eigenvalue weighted by Gasteiger charge is 2.29. The lowest BCUT2D eigenvalue weighted by Gasteiger charge is -2.11. The van der Waals surface area contributed by atoms with Crippen LogP contribution in [0.4, 0.5) is 13.2 Å². The highest BCUT2D eigenvalue weighted by molar-refractivity contribution is 6.20. The zero-order valence-corrected chi connectivity index (χ0v) is 11.9. The molecule has 1 aromatic carbocycles. The van der Waals surface area contributed by atoms with Gasteiger partial charge in [-0.15, -0.1) is 11.6 Å². The molecule has 0 heterocycles. The van der Waals surface area contributed by atoms with E-state index in [0.717, 1.165) is 30.5 Å². The van der Waals surface area contributed by atoms with Crippen molar-refractivity contribution in [3.05, 3.63) is 35.4 Å². The van der Waals surface area contributed by atoms with Crippen LogP contribution in [0.2, 0.25) is 0 Å². The molecule has 0 fully saturated rings. The third kappa shape index (κ3) is 6.33. The zero-order valence-electron chi connectivity index (χ0n) is 11.1. The molecule has 1 unspecified atom stereocenters. The summed E-state index contributed by atoms with van der Waals surface area (Å²) in [4.78, 5) is 0. The van der Waals surface area contributed by atoms with Crippen molar-refractivity contribution in [2.24, 2.45) is 0 Å². The maximum absolute atomic E-state index is 12.4. The number of benzene rings is 1. The second-order valence-corrected chi connectivity index (χ2v) is 5.46. The lowest BCUT2D eigenvalue weighted by molar-refractivity contribution is -0.137. The Labute approximate surface area is 118 Å². The summed E-state index contributed by atoms with van der Waals surface area (Å²) in [6.07, 6.45) is 1.94. The van der Waals surface area contributed by atoms with Crippen LogP contribution in [0.5, 0.6) is 0 Å². The van der Waals surface area contributed by atoms with Crippen molar-refractivity contribution in [2.75, 3.05) is 0 Å². The van der Waals surface area contributed by atoms with Gasteiger partial charge in [-0.25, -0.2) is 0 Å². The summed E-state index contributed by atoms with van der Waals surface area (Å²) >= 11 is 6.20. The Kier molecular flexibility index (Phi) is 6.70. The van der Waals surface area contributed by atoms with E-state index < -0.39 is 11.7 Å². The van der Waals surface area contributed by atoms with Crippen molar-refractivity contribution in [3.8, 4) is 0 Å². The van der Waals surface area contributed by atoms with Crippen LogP contribution >= 0.6 is 11.6 Å². The molecule has 1 rings (SSSR count). The van der Waals surface area contributed by atoms with E-state index >= 15 is 0 Å². The third-order valence-corrected chi connectivity index (χ3v) is 3.48. The number of alkyl halides is 4. The second kappa shape index (κ2) is 7.78. The minimum absolute atomic E-state index is 0.00796. The summed E-state index contributed by atoms with van der Waals surface area (Å²) in [6, 6.07) is 5.28. The van der Waals surface area contributed by atoms with Gasteiger partial charge in [0, 0.05) is 5.38 Å². The summed E-state index contributed by atoms with van der Waals surface area (Å²) < 4.78 is 37.2. The number of rotatable bonds is 7. The molecule has 1 aromatic rings. The maximum atomic E-state index is 12.4. The van der Waals surface area contributed by atoms with Crippen molar-refractivity contribution in [1.82, 2.24) is 0 Å². The molecule has 0 N–H and O–H groups in total. The van der Waals surface area contributed by atoms with Crippen LogP contribution in [-0.2, 0) is 12.6 Å². The smallest absolute Gasteiger partial charge is 0.166 e. The van der Waals surface area contributed by atoms with E-state index in [4.69, 9.17) is 11.6 Å². The number of unbranched alkanes of at least 4 members (excludes halogenated alkanes) is 3. The Morgan fingerprint density at radius 2 is 1.68 bits per heavy atom. The fourth-order valence-corrected chi connectivity index (χ4v) is 2.31. The van der Waals surface area contributed by atoms with E-state index in [0.29, 0.717) is 6.42 Å². The van der Waals surface area contributed by atoms with Gasteiger partial charge in [-0.3, -0.25) is 0 Å². The van der Waals surface area contributed by atoms with E-state index in [1.807, 2.05) is 0 Å². The highest BCUT2D eigenvalue weighted by Crippen LogP contribution is 2.29. The van der Waals surface area contributed by atoms with E-state index in [-0.39, 0.29) is 5.38 Å². The molecule has 0 aliphatic rings. The van der Waals surface area contributed by atoms with Crippen molar-refractivity contribution in [1.29, 1.82) is 0 Å². The van der Waals surface area contributed by atoms with Crippen molar-refractivity contribution in [3.63, 3.8) is 0 Å². The standard InChI is InChI=1S/C15H20ClF3/c1-2-3-4-5-6-14(16)11-12-7-9-13(10-8-12)15(17,18)19/h7-10,14H,2-6,11H2,1H3. The normalized spacial score (nSPS) is 13.5. The first-order valence-electron chi connectivity index (χ1n) is 6.73. The predicted molar refractivity (Wildman–Crippen MR) is 73.5 cm³/mol. The first kappa shape index (κ1) is 16.4. The van der Waals surface area contributed by atoms with Gasteiger partial charge in [-0.2, -0.15) is 13.2 Å². The first-order chi connectivity index (χ1) is 8.93. The molecule has 0 aliphatic heterocycles. The van der Waals surface area contributed by atoms with Crippen LogP contribution in [-0.4, -0.2) is 5.38 Å². The molecule has 0 saturated carbocycles. The minimum atomic E-state index is -4.26. The molecule has 0 amide bonds. The van der Waals surface area contributed by atoms with Gasteiger partial charge >= 0.3 is 6.18 Å². The minimum Gasteiger partial charge on any atom is -0.166 e. The van der Waals surface area contributed by atoms with E-state index in [2.05, 4.69) is 6.92 Å². The molecular weight excluding hydrogens is 273 g/mol. The third-order valence-electron chi connectivity index (χ3n) is 3.11. The van der Waals surface area contributed by atoms with Gasteiger partial charge in [0.2, 0.25) is 0 Å². The summed E-state index contributed by atoms with van der Waals surface area (Å²) in [5, 5.41) is 0.00796. The lowest BCUT2D eigenvalue weighted by atomic mass is 10.0. The summed E-state index contributed by atoms with van der Waals surface area (Å²) in [5.41, 5.74) is 0.258. The molecule has 0 aliphatic carbocycles. The Morgan fingerprint density at radius 3 is 2.21 bits per heavy atom. The zero-order chi connectivity index (χ0) is 14.3. The molecule has 4 heteroatoms. The topological polar surface area (TPSA) is 0 Å². The van der Waals surface area contributed by atoms with Gasteiger partial charge < -0.3 is 0 Å². The van der Waals surface area contributed by atoms with Crippen LogP contribution in [0.15, 0.2) is 24.3 Å². The van der Waals surface area contributed by atoms with Crippen molar-refractivity contribution >= 4 is 11.6 Å². The Morgan fingerprint density at radius 1 is 1.05 bits per heavy atom. The van der Waals surface area contributed by atoms with Gasteiger partial charge in [-0.05, 0) is 30.5 Å². The van der Waals surface area contributed by atoms with E-state index in [9.17, 15) is 13.2 Å². The van der Waals surface area contributed by atoms with Gasteiger partial charge in [-0.1, -0.05) is 44.7 Å². The average Bonchev–Trinajstić information content (AvgIpc) is 2.34. The molecular formula is C15H20ClF3. The number of halogens is 4. The monoisotopic (exact) mass is 292 g/mol. The lowest BCUT2D eigenvalue weighted by Crippen LogP contribution is -2.06. The summed E-state index contributed by atoms with van der Waals surface area (Å²) in [7, 11) is 0. The van der Waals surface area contributed by atoms with Crippen LogP contribution in [0.25, 0.3) is 0 Å². The largest absolute Gasteiger partial charge is 0.416 e. The van der Waals surface area contributed by atoms with E-state index in [1.165, 1.54) is 31.4 Å². The molecule has 0 bridgehead atoms. The Bertz CT molecular complexity index is 357. The molecule has 19 heavy (non-hydrogen) atoms. The van der Waals surface area contributed by atoms with Crippen LogP contribution in [0, 0.1) is 0 Å². The highest BCUT2D eigenvalue weighted by atomic mass is 35.5. The number of hydrogen-bond acceptors (Lipinski definition) is 0. The van der Waals surface area contributed by atoms with Crippen LogP contribution < -0.4 is 0 Å². The average molecular weight is 293 g/mol. The van der Waals surface area contributed by atoms with E-state index in [1.54, 1.807) is 0 Å². The molecule has 0 saturated heterocycles.